The van der Waals surface area contributed by atoms with Crippen molar-refractivity contribution in [2.75, 3.05) is 0 Å². The largest absolute Gasteiger partial charge is 0.348 e. The quantitative estimate of drug-likeness (QED) is 0.865. The molecule has 2 aliphatic carbocycles. The van der Waals surface area contributed by atoms with Gasteiger partial charge in [-0.2, -0.15) is 0 Å². The molecule has 2 aliphatic rings. The second-order valence-corrected chi connectivity index (χ2v) is 6.40. The Balaban J connectivity index is 0.00000121. The molecule has 3 rings (SSSR count). The zero-order valence-corrected chi connectivity index (χ0v) is 14.6. The van der Waals surface area contributed by atoms with Crippen molar-refractivity contribution in [2.24, 2.45) is 23.5 Å². The van der Waals surface area contributed by atoms with Gasteiger partial charge in [-0.15, -0.1) is 35.0 Å². The van der Waals surface area contributed by atoms with E-state index in [1.165, 1.54) is 6.42 Å². The molecule has 8 heteroatoms. The molecule has 2 fully saturated rings. The van der Waals surface area contributed by atoms with Crippen LogP contribution < -0.4 is 11.1 Å². The molecule has 0 spiro atoms. The van der Waals surface area contributed by atoms with Crippen LogP contribution in [0.3, 0.4) is 0 Å². The highest BCUT2D eigenvalue weighted by molar-refractivity contribution is 5.85. The van der Waals surface area contributed by atoms with Crippen LogP contribution in [0.25, 0.3) is 0 Å². The number of halogens is 2. The van der Waals surface area contributed by atoms with E-state index >= 15 is 0 Å². The number of carbonyl (C=O) groups excluding carboxylic acids is 1. The molecular formula is C14H25Cl2N5O. The SMILES string of the molecule is CC(C)n1cnnc1CNC(=O)C1C2CCC(C2)C1N.Cl.Cl. The molecule has 0 saturated heterocycles. The summed E-state index contributed by atoms with van der Waals surface area (Å²) >= 11 is 0. The van der Waals surface area contributed by atoms with Crippen molar-refractivity contribution >= 4 is 30.7 Å². The molecule has 2 bridgehead atoms. The number of nitrogens with two attached hydrogens (primary N) is 1. The van der Waals surface area contributed by atoms with Gasteiger partial charge >= 0.3 is 0 Å². The minimum Gasteiger partial charge on any atom is -0.348 e. The van der Waals surface area contributed by atoms with Crippen LogP contribution in [0, 0.1) is 17.8 Å². The van der Waals surface area contributed by atoms with E-state index in [2.05, 4.69) is 29.4 Å². The molecule has 6 nitrogen and oxygen atoms in total. The number of carbonyl (C=O) groups is 1. The van der Waals surface area contributed by atoms with E-state index in [0.29, 0.717) is 24.4 Å². The first-order valence-corrected chi connectivity index (χ1v) is 7.49. The molecule has 1 aromatic rings. The minimum absolute atomic E-state index is 0. The molecule has 1 aromatic heterocycles. The summed E-state index contributed by atoms with van der Waals surface area (Å²) in [4.78, 5) is 12.4. The van der Waals surface area contributed by atoms with Crippen LogP contribution in [-0.4, -0.2) is 26.7 Å². The van der Waals surface area contributed by atoms with Crippen LogP contribution in [0.2, 0.25) is 0 Å². The number of rotatable bonds is 4. The van der Waals surface area contributed by atoms with E-state index < -0.39 is 0 Å². The molecule has 1 heterocycles. The molecule has 0 radical (unpaired) electrons. The van der Waals surface area contributed by atoms with E-state index in [1.807, 2.05) is 4.57 Å². The van der Waals surface area contributed by atoms with E-state index in [1.54, 1.807) is 6.33 Å². The number of amides is 1. The molecule has 2 saturated carbocycles. The second-order valence-electron chi connectivity index (χ2n) is 6.40. The van der Waals surface area contributed by atoms with Crippen molar-refractivity contribution < 1.29 is 4.79 Å². The normalized spacial score (nSPS) is 29.1. The first kappa shape index (κ1) is 19.2. The summed E-state index contributed by atoms with van der Waals surface area (Å²) in [5.41, 5.74) is 6.20. The smallest absolute Gasteiger partial charge is 0.225 e. The molecule has 1 amide bonds. The first-order chi connectivity index (χ1) is 9.58. The lowest BCUT2D eigenvalue weighted by molar-refractivity contribution is -0.127. The van der Waals surface area contributed by atoms with Crippen molar-refractivity contribution in [3.63, 3.8) is 0 Å². The fourth-order valence-corrected chi connectivity index (χ4v) is 3.83. The number of hydrogen-bond acceptors (Lipinski definition) is 4. The summed E-state index contributed by atoms with van der Waals surface area (Å²) in [6, 6.07) is 0.332. The second kappa shape index (κ2) is 7.62. The van der Waals surface area contributed by atoms with Gasteiger partial charge in [-0.1, -0.05) is 0 Å². The van der Waals surface area contributed by atoms with E-state index in [0.717, 1.165) is 18.7 Å². The van der Waals surface area contributed by atoms with Crippen LogP contribution in [0.1, 0.15) is 45.0 Å². The highest BCUT2D eigenvalue weighted by atomic mass is 35.5. The zero-order valence-electron chi connectivity index (χ0n) is 12.9. The predicted octanol–water partition coefficient (Wildman–Crippen LogP) is 1.69. The van der Waals surface area contributed by atoms with Crippen molar-refractivity contribution in [1.82, 2.24) is 20.1 Å². The highest BCUT2D eigenvalue weighted by Crippen LogP contribution is 2.47. The van der Waals surface area contributed by atoms with Gasteiger partial charge in [0.1, 0.15) is 6.33 Å². The molecule has 0 aromatic carbocycles. The van der Waals surface area contributed by atoms with Gasteiger partial charge in [-0.25, -0.2) is 0 Å². The van der Waals surface area contributed by atoms with Gasteiger partial charge in [0.05, 0.1) is 12.5 Å². The van der Waals surface area contributed by atoms with Gasteiger partial charge in [0.2, 0.25) is 5.91 Å². The van der Waals surface area contributed by atoms with Gasteiger partial charge in [-0.05, 0) is 44.9 Å². The van der Waals surface area contributed by atoms with Crippen LogP contribution in [0.5, 0.6) is 0 Å². The number of hydrogen-bond donors (Lipinski definition) is 2. The maximum Gasteiger partial charge on any atom is 0.225 e. The molecule has 4 unspecified atom stereocenters. The molecule has 4 atom stereocenters. The van der Waals surface area contributed by atoms with Gasteiger partial charge in [0.25, 0.3) is 0 Å². The van der Waals surface area contributed by atoms with Gasteiger partial charge in [-0.3, -0.25) is 4.79 Å². The third-order valence-electron chi connectivity index (χ3n) is 4.91. The highest BCUT2D eigenvalue weighted by Gasteiger charge is 2.48. The Morgan fingerprint density at radius 3 is 2.68 bits per heavy atom. The fourth-order valence-electron chi connectivity index (χ4n) is 3.83. The molecule has 3 N–H and O–H groups in total. The Morgan fingerprint density at radius 2 is 2.09 bits per heavy atom. The van der Waals surface area contributed by atoms with Crippen molar-refractivity contribution in [3.05, 3.63) is 12.2 Å². The first-order valence-electron chi connectivity index (χ1n) is 7.49. The average Bonchev–Trinajstić information content (AvgIpc) is 3.10. The lowest BCUT2D eigenvalue weighted by atomic mass is 9.84. The van der Waals surface area contributed by atoms with Gasteiger partial charge in [0, 0.05) is 12.1 Å². The van der Waals surface area contributed by atoms with Gasteiger partial charge in [0.15, 0.2) is 5.82 Å². The topological polar surface area (TPSA) is 85.8 Å². The number of aromatic nitrogens is 3. The van der Waals surface area contributed by atoms with Crippen LogP contribution in [0.15, 0.2) is 6.33 Å². The maximum atomic E-state index is 12.4. The minimum atomic E-state index is -0.0100. The van der Waals surface area contributed by atoms with E-state index in [4.69, 9.17) is 5.73 Å². The van der Waals surface area contributed by atoms with E-state index in [-0.39, 0.29) is 42.7 Å². The molecule has 22 heavy (non-hydrogen) atoms. The van der Waals surface area contributed by atoms with Crippen LogP contribution >= 0.6 is 24.8 Å². The average molecular weight is 350 g/mol. The number of nitrogens with one attached hydrogen (secondary N) is 1. The fraction of sp³-hybridized carbons (Fsp3) is 0.786. The lowest BCUT2D eigenvalue weighted by Gasteiger charge is -2.27. The van der Waals surface area contributed by atoms with Crippen molar-refractivity contribution in [1.29, 1.82) is 0 Å². The Morgan fingerprint density at radius 1 is 1.41 bits per heavy atom. The third-order valence-corrected chi connectivity index (χ3v) is 4.91. The number of fused-ring (bicyclic) bond motifs is 2. The summed E-state index contributed by atoms with van der Waals surface area (Å²) in [6.07, 6.45) is 5.17. The number of nitrogens with zero attached hydrogens (tertiary/aromatic N) is 3. The van der Waals surface area contributed by atoms with E-state index in [9.17, 15) is 4.79 Å². The van der Waals surface area contributed by atoms with Crippen molar-refractivity contribution in [2.45, 2.75) is 51.7 Å². The summed E-state index contributed by atoms with van der Waals surface area (Å²) in [5, 5.41) is 11.0. The maximum absolute atomic E-state index is 12.4. The summed E-state index contributed by atoms with van der Waals surface area (Å²) in [7, 11) is 0. The third kappa shape index (κ3) is 3.39. The standard InChI is InChI=1S/C14H23N5O.2ClH/c1-8(2)19-7-17-18-11(19)6-16-14(20)12-9-3-4-10(5-9)13(12)15;;/h7-10,12-13H,3-6,15H2,1-2H3,(H,16,20);2*1H. The monoisotopic (exact) mass is 349 g/mol. The summed E-state index contributed by atoms with van der Waals surface area (Å²) in [6.45, 7) is 4.57. The Kier molecular flexibility index (Phi) is 6.65. The zero-order chi connectivity index (χ0) is 14.3. The molecular weight excluding hydrogens is 325 g/mol. The molecule has 126 valence electrons. The predicted molar refractivity (Wildman–Crippen MR) is 89.0 cm³/mol. The Labute approximate surface area is 143 Å². The van der Waals surface area contributed by atoms with Gasteiger partial charge < -0.3 is 15.6 Å². The Hall–Kier alpha value is -0.850. The van der Waals surface area contributed by atoms with Crippen LogP contribution in [0.4, 0.5) is 0 Å². The summed E-state index contributed by atoms with van der Waals surface area (Å²) < 4.78 is 1.97. The van der Waals surface area contributed by atoms with Crippen molar-refractivity contribution in [3.8, 4) is 0 Å². The van der Waals surface area contributed by atoms with Crippen LogP contribution in [-0.2, 0) is 11.3 Å². The molecule has 0 aliphatic heterocycles. The Bertz CT molecular complexity index is 505. The lowest BCUT2D eigenvalue weighted by Crippen LogP contribution is -2.45. The summed E-state index contributed by atoms with van der Waals surface area (Å²) in [5.74, 6) is 1.91.